The van der Waals surface area contributed by atoms with Crippen LogP contribution in [0.1, 0.15) is 32.1 Å². The van der Waals surface area contributed by atoms with Gasteiger partial charge >= 0.3 is 6.09 Å². The van der Waals surface area contributed by atoms with Crippen LogP contribution >= 0.6 is 0 Å². The molecular weight excluding hydrogens is 296 g/mol. The Balaban J connectivity index is 1.52. The van der Waals surface area contributed by atoms with Crippen molar-refractivity contribution < 1.29 is 19.1 Å². The first-order valence-electron chi connectivity index (χ1n) is 8.12. The molecule has 1 aliphatic carbocycles. The van der Waals surface area contributed by atoms with Crippen LogP contribution in [0.2, 0.25) is 0 Å². The first-order chi connectivity index (χ1) is 11.1. The number of carbonyl (C=O) groups is 2. The molecule has 2 aliphatic rings. The van der Waals surface area contributed by atoms with Gasteiger partial charge in [-0.3, -0.25) is 9.69 Å². The highest BCUT2D eigenvalue weighted by Gasteiger charge is 2.35. The van der Waals surface area contributed by atoms with E-state index in [9.17, 15) is 9.59 Å². The minimum absolute atomic E-state index is 0.152. The highest BCUT2D eigenvalue weighted by atomic mass is 16.6. The molecule has 1 heterocycles. The van der Waals surface area contributed by atoms with Crippen LogP contribution in [0.5, 0.6) is 11.5 Å². The van der Waals surface area contributed by atoms with Crippen LogP contribution in [0.4, 0.5) is 4.79 Å². The lowest BCUT2D eigenvalue weighted by atomic mass is 9.98. The topological polar surface area (TPSA) is 67.9 Å². The number of β-lactam (4-membered cyclic amide) rings is 1. The van der Waals surface area contributed by atoms with Crippen LogP contribution in [-0.4, -0.2) is 42.6 Å². The van der Waals surface area contributed by atoms with Gasteiger partial charge in [-0.15, -0.1) is 0 Å². The van der Waals surface area contributed by atoms with Gasteiger partial charge in [0.05, 0.1) is 6.10 Å². The lowest BCUT2D eigenvalue weighted by Gasteiger charge is -2.33. The molecule has 0 unspecified atom stereocenters. The molecule has 3 rings (SSSR count). The Morgan fingerprint density at radius 3 is 2.35 bits per heavy atom. The highest BCUT2D eigenvalue weighted by molar-refractivity contribution is 5.91. The zero-order valence-corrected chi connectivity index (χ0v) is 13.3. The van der Waals surface area contributed by atoms with Gasteiger partial charge in [0, 0.05) is 13.6 Å². The molecule has 1 atom stereocenters. The Kier molecular flexibility index (Phi) is 4.69. The van der Waals surface area contributed by atoms with Gasteiger partial charge in [-0.25, -0.2) is 4.79 Å². The van der Waals surface area contributed by atoms with Crippen LogP contribution < -0.4 is 14.8 Å². The smallest absolute Gasteiger partial charge is 0.415 e. The summed E-state index contributed by atoms with van der Waals surface area (Å²) in [7, 11) is 1.56. The minimum Gasteiger partial charge on any atom is -0.490 e. The van der Waals surface area contributed by atoms with Crippen molar-refractivity contribution in [3.05, 3.63) is 24.3 Å². The van der Waals surface area contributed by atoms with E-state index in [-0.39, 0.29) is 5.91 Å². The predicted molar refractivity (Wildman–Crippen MR) is 84.5 cm³/mol. The van der Waals surface area contributed by atoms with Gasteiger partial charge < -0.3 is 14.8 Å². The molecule has 1 saturated carbocycles. The average molecular weight is 318 g/mol. The first-order valence-corrected chi connectivity index (χ1v) is 8.12. The Bertz CT molecular complexity index is 566. The molecule has 0 radical (unpaired) electrons. The molecule has 124 valence electrons. The van der Waals surface area contributed by atoms with Crippen molar-refractivity contribution in [3.63, 3.8) is 0 Å². The lowest BCUT2D eigenvalue weighted by Crippen LogP contribution is -2.62. The van der Waals surface area contributed by atoms with E-state index in [1.54, 1.807) is 19.2 Å². The number of amides is 2. The fourth-order valence-electron chi connectivity index (χ4n) is 2.85. The number of rotatable bonds is 4. The molecule has 1 aliphatic heterocycles. The second kappa shape index (κ2) is 6.89. The predicted octanol–water partition coefficient (Wildman–Crippen LogP) is 2.33. The van der Waals surface area contributed by atoms with Crippen LogP contribution in [0.3, 0.4) is 0 Å². The molecule has 0 spiro atoms. The fraction of sp³-hybridized carbons (Fsp3) is 0.529. The van der Waals surface area contributed by atoms with E-state index < -0.39 is 12.1 Å². The van der Waals surface area contributed by atoms with E-state index in [0.717, 1.165) is 18.6 Å². The fourth-order valence-corrected chi connectivity index (χ4v) is 2.85. The summed E-state index contributed by atoms with van der Waals surface area (Å²) >= 11 is 0. The summed E-state index contributed by atoms with van der Waals surface area (Å²) in [5, 5.41) is 2.60. The Morgan fingerprint density at radius 2 is 1.78 bits per heavy atom. The number of carbonyl (C=O) groups excluding carboxylic acids is 2. The molecule has 1 saturated heterocycles. The highest BCUT2D eigenvalue weighted by Crippen LogP contribution is 2.25. The van der Waals surface area contributed by atoms with E-state index in [1.807, 2.05) is 12.1 Å². The van der Waals surface area contributed by atoms with E-state index in [0.29, 0.717) is 18.4 Å². The molecule has 1 aromatic rings. The van der Waals surface area contributed by atoms with Crippen molar-refractivity contribution in [1.82, 2.24) is 10.2 Å². The molecule has 23 heavy (non-hydrogen) atoms. The van der Waals surface area contributed by atoms with Crippen LogP contribution in [0.15, 0.2) is 24.3 Å². The third-order valence-electron chi connectivity index (χ3n) is 4.41. The molecule has 6 nitrogen and oxygen atoms in total. The maximum absolute atomic E-state index is 12.0. The number of hydrogen-bond acceptors (Lipinski definition) is 4. The number of likely N-dealkylation sites (N-methyl/N-ethyl adjacent to an activating group) is 1. The number of nitrogens with one attached hydrogen (secondary N) is 1. The number of nitrogens with zero attached hydrogens (tertiary/aromatic N) is 1. The summed E-state index contributed by atoms with van der Waals surface area (Å²) in [5.74, 6) is 1.08. The van der Waals surface area contributed by atoms with Crippen molar-refractivity contribution in [2.45, 2.75) is 44.2 Å². The Hall–Kier alpha value is -2.24. The Morgan fingerprint density at radius 1 is 1.13 bits per heavy atom. The Labute approximate surface area is 135 Å². The summed E-state index contributed by atoms with van der Waals surface area (Å²) in [4.78, 5) is 24.6. The maximum Gasteiger partial charge on any atom is 0.415 e. The van der Waals surface area contributed by atoms with E-state index in [1.165, 1.54) is 24.2 Å². The second-order valence-corrected chi connectivity index (χ2v) is 6.09. The van der Waals surface area contributed by atoms with E-state index in [4.69, 9.17) is 9.47 Å². The third kappa shape index (κ3) is 3.75. The standard InChI is InChI=1S/C17H22N2O4/c1-19(15-11-18-16(15)20)17(21)23-14-9-7-13(8-10-14)22-12-5-3-2-4-6-12/h7-10,12,15H,2-6,11H2,1H3,(H,18,20)/t15-/m0/s1. The van der Waals surface area contributed by atoms with Crippen LogP contribution in [0, 0.1) is 0 Å². The van der Waals surface area contributed by atoms with E-state index in [2.05, 4.69) is 5.32 Å². The molecule has 1 N–H and O–H groups in total. The SMILES string of the molecule is CN(C(=O)Oc1ccc(OC2CCCCC2)cc1)[C@H]1CNC1=O. The molecule has 2 amide bonds. The lowest BCUT2D eigenvalue weighted by molar-refractivity contribution is -0.131. The number of benzene rings is 1. The third-order valence-corrected chi connectivity index (χ3v) is 4.41. The van der Waals surface area contributed by atoms with E-state index >= 15 is 0 Å². The molecule has 1 aromatic carbocycles. The summed E-state index contributed by atoms with van der Waals surface area (Å²) in [5.41, 5.74) is 0. The minimum atomic E-state index is -0.536. The summed E-state index contributed by atoms with van der Waals surface area (Å²) < 4.78 is 11.2. The second-order valence-electron chi connectivity index (χ2n) is 6.09. The van der Waals surface area contributed by atoms with Crippen LogP contribution in [0.25, 0.3) is 0 Å². The van der Waals surface area contributed by atoms with Gasteiger partial charge in [0.1, 0.15) is 17.5 Å². The quantitative estimate of drug-likeness (QED) is 0.865. The summed E-state index contributed by atoms with van der Waals surface area (Å²) in [6.07, 6.45) is 5.70. The zero-order valence-electron chi connectivity index (χ0n) is 13.3. The zero-order chi connectivity index (χ0) is 16.2. The molecule has 2 fully saturated rings. The number of hydrogen-bond donors (Lipinski definition) is 1. The maximum atomic E-state index is 12.0. The van der Waals surface area contributed by atoms with Crippen molar-refractivity contribution in [1.29, 1.82) is 0 Å². The first kappa shape index (κ1) is 15.6. The molecular formula is C17H22N2O4. The molecule has 0 bridgehead atoms. The van der Waals surface area contributed by atoms with Crippen molar-refractivity contribution in [2.24, 2.45) is 0 Å². The van der Waals surface area contributed by atoms with Gasteiger partial charge in [-0.2, -0.15) is 0 Å². The van der Waals surface area contributed by atoms with Crippen LogP contribution in [-0.2, 0) is 4.79 Å². The van der Waals surface area contributed by atoms with Gasteiger partial charge in [0.15, 0.2) is 0 Å². The summed E-state index contributed by atoms with van der Waals surface area (Å²) in [6.45, 7) is 0.471. The molecule has 6 heteroatoms. The van der Waals surface area contributed by atoms with Gasteiger partial charge in [-0.1, -0.05) is 6.42 Å². The monoisotopic (exact) mass is 318 g/mol. The summed E-state index contributed by atoms with van der Waals surface area (Å²) in [6, 6.07) is 6.62. The van der Waals surface area contributed by atoms with Gasteiger partial charge in [-0.05, 0) is 49.9 Å². The average Bonchev–Trinajstić information content (AvgIpc) is 2.56. The largest absolute Gasteiger partial charge is 0.490 e. The normalized spacial score (nSPS) is 21.1. The molecule has 0 aromatic heterocycles. The number of ether oxygens (including phenoxy) is 2. The van der Waals surface area contributed by atoms with Crippen molar-refractivity contribution >= 4 is 12.0 Å². The van der Waals surface area contributed by atoms with Gasteiger partial charge in [0.2, 0.25) is 5.91 Å². The van der Waals surface area contributed by atoms with Crippen molar-refractivity contribution in [2.75, 3.05) is 13.6 Å². The van der Waals surface area contributed by atoms with Gasteiger partial charge in [0.25, 0.3) is 0 Å². The van der Waals surface area contributed by atoms with Crippen molar-refractivity contribution in [3.8, 4) is 11.5 Å².